The van der Waals surface area contributed by atoms with Crippen LogP contribution in [0.4, 0.5) is 0 Å². The van der Waals surface area contributed by atoms with Crippen LogP contribution in [0.2, 0.25) is 0 Å². The monoisotopic (exact) mass is 303 g/mol. The number of amides is 1. The van der Waals surface area contributed by atoms with Crippen molar-refractivity contribution in [2.75, 3.05) is 6.54 Å². The number of aromatic nitrogens is 2. The molecule has 22 heavy (non-hydrogen) atoms. The minimum absolute atomic E-state index is 0.232. The zero-order valence-electron chi connectivity index (χ0n) is 14.6. The molecule has 0 N–H and O–H groups in total. The summed E-state index contributed by atoms with van der Waals surface area (Å²) in [7, 11) is 1.94. The lowest BCUT2D eigenvalue weighted by atomic mass is 9.77. The van der Waals surface area contributed by atoms with Crippen LogP contribution < -0.4 is 0 Å². The van der Waals surface area contributed by atoms with Gasteiger partial charge in [0.05, 0.1) is 6.20 Å². The smallest absolute Gasteiger partial charge is 0.222 e. The van der Waals surface area contributed by atoms with Gasteiger partial charge in [-0.15, -0.1) is 0 Å². The highest BCUT2D eigenvalue weighted by Gasteiger charge is 2.34. The standard InChI is InChI=1S/C18H29N3O/c1-14(2)7-6-9-18(4)10-8-17(22)21(13-18)12-16-11-19-20(5)15(16)3/h7,11H,6,8-10,12-13H2,1-5H3/t18-/m0/s1. The molecular weight excluding hydrogens is 274 g/mol. The normalized spacial score (nSPS) is 22.0. The fourth-order valence-corrected chi connectivity index (χ4v) is 3.16. The molecule has 2 rings (SSSR count). The highest BCUT2D eigenvalue weighted by Crippen LogP contribution is 2.35. The van der Waals surface area contributed by atoms with Crippen LogP contribution in [-0.4, -0.2) is 27.1 Å². The van der Waals surface area contributed by atoms with Gasteiger partial charge in [-0.1, -0.05) is 18.6 Å². The van der Waals surface area contributed by atoms with Gasteiger partial charge in [-0.2, -0.15) is 5.10 Å². The molecule has 0 bridgehead atoms. The summed E-state index contributed by atoms with van der Waals surface area (Å²) in [5.74, 6) is 0.281. The Labute approximate surface area is 134 Å². The van der Waals surface area contributed by atoms with Crippen molar-refractivity contribution in [1.29, 1.82) is 0 Å². The summed E-state index contributed by atoms with van der Waals surface area (Å²) in [4.78, 5) is 14.3. The molecule has 1 aliphatic heterocycles. The molecule has 0 aromatic carbocycles. The van der Waals surface area contributed by atoms with Gasteiger partial charge in [-0.25, -0.2) is 0 Å². The summed E-state index contributed by atoms with van der Waals surface area (Å²) in [6.45, 7) is 10.2. The summed E-state index contributed by atoms with van der Waals surface area (Å²) in [6, 6.07) is 0. The predicted octanol–water partition coefficient (Wildman–Crippen LogP) is 3.60. The average molecular weight is 303 g/mol. The topological polar surface area (TPSA) is 38.1 Å². The van der Waals surface area contributed by atoms with E-state index in [-0.39, 0.29) is 11.3 Å². The number of likely N-dealkylation sites (tertiary alicyclic amines) is 1. The van der Waals surface area contributed by atoms with Crippen molar-refractivity contribution in [1.82, 2.24) is 14.7 Å². The molecule has 0 spiro atoms. The number of rotatable bonds is 5. The first-order chi connectivity index (χ1) is 10.3. The number of piperidine rings is 1. The van der Waals surface area contributed by atoms with Crippen molar-refractivity contribution in [3.63, 3.8) is 0 Å². The molecule has 122 valence electrons. The van der Waals surface area contributed by atoms with Gasteiger partial charge in [0.1, 0.15) is 0 Å². The van der Waals surface area contributed by atoms with Gasteiger partial charge in [0.2, 0.25) is 5.91 Å². The molecular formula is C18H29N3O. The molecule has 0 unspecified atom stereocenters. The van der Waals surface area contributed by atoms with Crippen LogP contribution in [0.3, 0.4) is 0 Å². The summed E-state index contributed by atoms with van der Waals surface area (Å²) < 4.78 is 1.87. The van der Waals surface area contributed by atoms with Crippen molar-refractivity contribution >= 4 is 5.91 Å². The molecule has 1 amide bonds. The van der Waals surface area contributed by atoms with E-state index >= 15 is 0 Å². The molecule has 0 radical (unpaired) electrons. The molecule has 0 saturated carbocycles. The van der Waals surface area contributed by atoms with E-state index in [1.54, 1.807) is 0 Å². The number of carbonyl (C=O) groups is 1. The van der Waals surface area contributed by atoms with Gasteiger partial charge in [0.25, 0.3) is 0 Å². The zero-order chi connectivity index (χ0) is 16.3. The predicted molar refractivity (Wildman–Crippen MR) is 89.4 cm³/mol. The summed E-state index contributed by atoms with van der Waals surface area (Å²) >= 11 is 0. The van der Waals surface area contributed by atoms with Crippen molar-refractivity contribution in [3.05, 3.63) is 29.1 Å². The Hall–Kier alpha value is -1.58. The molecule has 1 aliphatic rings. The molecule has 4 heteroatoms. The highest BCUT2D eigenvalue weighted by atomic mass is 16.2. The SMILES string of the molecule is CC(C)=CCC[C@@]1(C)CCC(=O)N(Cc2cnn(C)c2C)C1. The largest absolute Gasteiger partial charge is 0.338 e. The maximum absolute atomic E-state index is 12.3. The Morgan fingerprint density at radius 1 is 1.45 bits per heavy atom. The molecule has 2 heterocycles. The third-order valence-corrected chi connectivity index (χ3v) is 4.87. The quantitative estimate of drug-likeness (QED) is 0.779. The third-order valence-electron chi connectivity index (χ3n) is 4.87. The third kappa shape index (κ3) is 3.99. The van der Waals surface area contributed by atoms with E-state index < -0.39 is 0 Å². The minimum Gasteiger partial charge on any atom is -0.338 e. The van der Waals surface area contributed by atoms with Crippen molar-refractivity contribution in [2.45, 2.75) is 59.9 Å². The molecule has 4 nitrogen and oxygen atoms in total. The Kier molecular flexibility index (Phi) is 5.09. The lowest BCUT2D eigenvalue weighted by molar-refractivity contribution is -0.138. The maximum Gasteiger partial charge on any atom is 0.222 e. The number of aryl methyl sites for hydroxylation is 1. The molecule has 1 atom stereocenters. The summed E-state index contributed by atoms with van der Waals surface area (Å²) in [6.07, 6.45) is 8.12. The lowest BCUT2D eigenvalue weighted by Gasteiger charge is -2.40. The van der Waals surface area contributed by atoms with Gasteiger partial charge >= 0.3 is 0 Å². The van der Waals surface area contributed by atoms with Crippen LogP contribution >= 0.6 is 0 Å². The van der Waals surface area contributed by atoms with Gasteiger partial charge < -0.3 is 4.90 Å². The van der Waals surface area contributed by atoms with E-state index in [0.717, 1.165) is 37.1 Å². The molecule has 1 aromatic heterocycles. The van der Waals surface area contributed by atoms with Gasteiger partial charge in [-0.3, -0.25) is 9.48 Å². The molecule has 1 fully saturated rings. The van der Waals surface area contributed by atoms with Crippen molar-refractivity contribution in [3.8, 4) is 0 Å². The van der Waals surface area contributed by atoms with E-state index in [4.69, 9.17) is 0 Å². The van der Waals surface area contributed by atoms with E-state index in [1.807, 2.05) is 22.8 Å². The van der Waals surface area contributed by atoms with Crippen LogP contribution in [0.15, 0.2) is 17.8 Å². The van der Waals surface area contributed by atoms with E-state index in [2.05, 4.69) is 38.9 Å². The first kappa shape index (κ1) is 16.8. The number of nitrogens with zero attached hydrogens (tertiary/aromatic N) is 3. The van der Waals surface area contributed by atoms with Gasteiger partial charge in [0, 0.05) is 37.8 Å². The van der Waals surface area contributed by atoms with Crippen molar-refractivity contribution in [2.24, 2.45) is 12.5 Å². The Balaban J connectivity index is 2.03. The van der Waals surface area contributed by atoms with Gasteiger partial charge in [0.15, 0.2) is 0 Å². The molecule has 0 aliphatic carbocycles. The number of hydrogen-bond donors (Lipinski definition) is 0. The highest BCUT2D eigenvalue weighted by molar-refractivity contribution is 5.77. The van der Waals surface area contributed by atoms with E-state index in [1.165, 1.54) is 5.57 Å². The van der Waals surface area contributed by atoms with Crippen LogP contribution in [0.1, 0.15) is 57.7 Å². The fraction of sp³-hybridized carbons (Fsp3) is 0.667. The number of allylic oxidation sites excluding steroid dienone is 2. The first-order valence-corrected chi connectivity index (χ1v) is 8.19. The van der Waals surface area contributed by atoms with Crippen LogP contribution in [0, 0.1) is 12.3 Å². The minimum atomic E-state index is 0.232. The second-order valence-electron chi connectivity index (χ2n) is 7.26. The van der Waals surface area contributed by atoms with Crippen LogP contribution in [0.5, 0.6) is 0 Å². The Morgan fingerprint density at radius 3 is 2.77 bits per heavy atom. The summed E-state index contributed by atoms with van der Waals surface area (Å²) in [5.41, 5.74) is 3.91. The molecule has 1 aromatic rings. The summed E-state index contributed by atoms with van der Waals surface area (Å²) in [5, 5.41) is 4.28. The fourth-order valence-electron chi connectivity index (χ4n) is 3.16. The second kappa shape index (κ2) is 6.67. The van der Waals surface area contributed by atoms with Crippen LogP contribution in [0.25, 0.3) is 0 Å². The van der Waals surface area contributed by atoms with E-state index in [0.29, 0.717) is 13.0 Å². The Bertz CT molecular complexity index is 569. The zero-order valence-corrected chi connectivity index (χ0v) is 14.6. The first-order valence-electron chi connectivity index (χ1n) is 8.19. The van der Waals surface area contributed by atoms with Crippen molar-refractivity contribution < 1.29 is 4.79 Å². The van der Waals surface area contributed by atoms with Crippen LogP contribution in [-0.2, 0) is 18.4 Å². The number of carbonyl (C=O) groups excluding carboxylic acids is 1. The second-order valence-corrected chi connectivity index (χ2v) is 7.26. The maximum atomic E-state index is 12.3. The Morgan fingerprint density at radius 2 is 2.18 bits per heavy atom. The number of hydrogen-bond acceptors (Lipinski definition) is 2. The lowest BCUT2D eigenvalue weighted by Crippen LogP contribution is -2.44. The average Bonchev–Trinajstić information content (AvgIpc) is 2.75. The van der Waals surface area contributed by atoms with E-state index in [9.17, 15) is 4.79 Å². The van der Waals surface area contributed by atoms with Gasteiger partial charge in [-0.05, 0) is 45.4 Å². The molecule has 1 saturated heterocycles.